The minimum atomic E-state index is -0.349. The number of ether oxygens (including phenoxy) is 3. The molecule has 1 saturated heterocycles. The normalized spacial score (nSPS) is 15.4. The minimum absolute atomic E-state index is 0.104. The Morgan fingerprint density at radius 3 is 2.69 bits per heavy atom. The molecule has 4 nitrogen and oxygen atoms in total. The highest BCUT2D eigenvalue weighted by atomic mass is 16.6. The fraction of sp³-hybridized carbons (Fsp3) is 0.417. The van der Waals surface area contributed by atoms with Crippen LogP contribution in [0.5, 0.6) is 5.75 Å². The van der Waals surface area contributed by atoms with Gasteiger partial charge in [-0.25, -0.2) is 4.79 Å². The van der Waals surface area contributed by atoms with Crippen LogP contribution in [0, 0.1) is 6.92 Å². The second-order valence-electron chi connectivity index (χ2n) is 3.80. The summed E-state index contributed by atoms with van der Waals surface area (Å²) in [7, 11) is 1.37. The van der Waals surface area contributed by atoms with Crippen molar-refractivity contribution < 1.29 is 19.0 Å². The van der Waals surface area contributed by atoms with Gasteiger partial charge in [0, 0.05) is 0 Å². The molecule has 86 valence electrons. The van der Waals surface area contributed by atoms with Crippen LogP contribution in [0.3, 0.4) is 0 Å². The van der Waals surface area contributed by atoms with Gasteiger partial charge in [0.2, 0.25) is 0 Å². The Kier molecular flexibility index (Phi) is 3.10. The van der Waals surface area contributed by atoms with Gasteiger partial charge >= 0.3 is 5.97 Å². The maximum atomic E-state index is 11.4. The van der Waals surface area contributed by atoms with Crippen molar-refractivity contribution in [1.82, 2.24) is 0 Å². The van der Waals surface area contributed by atoms with Crippen molar-refractivity contribution >= 4 is 5.97 Å². The van der Waals surface area contributed by atoms with E-state index in [9.17, 15) is 4.79 Å². The van der Waals surface area contributed by atoms with Gasteiger partial charge < -0.3 is 14.2 Å². The van der Waals surface area contributed by atoms with Crippen LogP contribution in [-0.2, 0) is 9.47 Å². The Hall–Kier alpha value is -1.55. The van der Waals surface area contributed by atoms with Crippen LogP contribution in [0.2, 0.25) is 0 Å². The number of rotatable bonds is 3. The van der Waals surface area contributed by atoms with Crippen LogP contribution in [0.4, 0.5) is 0 Å². The molecule has 0 saturated carbocycles. The van der Waals surface area contributed by atoms with E-state index in [0.717, 1.165) is 5.56 Å². The number of methoxy groups -OCH3 is 1. The first-order chi connectivity index (χ1) is 7.69. The third kappa shape index (κ3) is 2.33. The van der Waals surface area contributed by atoms with Gasteiger partial charge in [0.25, 0.3) is 0 Å². The minimum Gasteiger partial charge on any atom is -0.486 e. The number of hydrogen-bond acceptors (Lipinski definition) is 4. The third-order valence-corrected chi connectivity index (χ3v) is 2.38. The topological polar surface area (TPSA) is 44.8 Å². The summed E-state index contributed by atoms with van der Waals surface area (Å²) >= 11 is 0. The summed E-state index contributed by atoms with van der Waals surface area (Å²) in [5, 5.41) is 0. The second kappa shape index (κ2) is 4.53. The van der Waals surface area contributed by atoms with E-state index in [4.69, 9.17) is 9.47 Å². The average molecular weight is 222 g/mol. The quantitative estimate of drug-likeness (QED) is 0.728. The van der Waals surface area contributed by atoms with Crippen LogP contribution >= 0.6 is 0 Å². The second-order valence-corrected chi connectivity index (χ2v) is 3.80. The third-order valence-electron chi connectivity index (χ3n) is 2.38. The van der Waals surface area contributed by atoms with E-state index < -0.39 is 0 Å². The van der Waals surface area contributed by atoms with Crippen molar-refractivity contribution in [3.8, 4) is 5.75 Å². The zero-order valence-corrected chi connectivity index (χ0v) is 9.36. The lowest BCUT2D eigenvalue weighted by atomic mass is 10.1. The maximum Gasteiger partial charge on any atom is 0.337 e. The number of carbonyl (C=O) groups excluding carboxylic acids is 1. The number of aryl methyl sites for hydroxylation is 1. The number of benzene rings is 1. The summed E-state index contributed by atoms with van der Waals surface area (Å²) in [6.07, 6.45) is 0.104. The van der Waals surface area contributed by atoms with Crippen molar-refractivity contribution in [3.05, 3.63) is 29.3 Å². The van der Waals surface area contributed by atoms with E-state index in [1.54, 1.807) is 12.1 Å². The standard InChI is InChI=1S/C12H14O4/c1-8-3-9(12(13)14-2)5-10(4-8)16-11-6-15-7-11/h3-5,11H,6-7H2,1-2H3. The van der Waals surface area contributed by atoms with Crippen molar-refractivity contribution in [1.29, 1.82) is 0 Å². The maximum absolute atomic E-state index is 11.4. The zero-order chi connectivity index (χ0) is 11.5. The molecule has 0 atom stereocenters. The Morgan fingerprint density at radius 2 is 2.12 bits per heavy atom. The first-order valence-corrected chi connectivity index (χ1v) is 5.13. The van der Waals surface area contributed by atoms with Crippen LogP contribution in [0.15, 0.2) is 18.2 Å². The SMILES string of the molecule is COC(=O)c1cc(C)cc(OC2COC2)c1. The highest BCUT2D eigenvalue weighted by molar-refractivity contribution is 5.90. The molecule has 0 amide bonds. The number of carbonyl (C=O) groups is 1. The fourth-order valence-corrected chi connectivity index (χ4v) is 1.53. The molecule has 16 heavy (non-hydrogen) atoms. The van der Waals surface area contributed by atoms with Crippen molar-refractivity contribution in [3.63, 3.8) is 0 Å². The fourth-order valence-electron chi connectivity index (χ4n) is 1.53. The molecule has 2 rings (SSSR count). The lowest BCUT2D eigenvalue weighted by molar-refractivity contribution is -0.0797. The average Bonchev–Trinajstić information content (AvgIpc) is 2.21. The van der Waals surface area contributed by atoms with Crippen LogP contribution in [0.1, 0.15) is 15.9 Å². The van der Waals surface area contributed by atoms with Gasteiger partial charge in [-0.15, -0.1) is 0 Å². The molecule has 0 bridgehead atoms. The number of hydrogen-bond donors (Lipinski definition) is 0. The van der Waals surface area contributed by atoms with E-state index >= 15 is 0 Å². The predicted octanol–water partition coefficient (Wildman–Crippen LogP) is 1.56. The molecule has 0 aliphatic carbocycles. The molecule has 4 heteroatoms. The summed E-state index contributed by atoms with van der Waals surface area (Å²) in [5.41, 5.74) is 1.48. The largest absolute Gasteiger partial charge is 0.486 e. The van der Waals surface area contributed by atoms with E-state index in [2.05, 4.69) is 4.74 Å². The molecule has 0 radical (unpaired) electrons. The summed E-state index contributed by atoms with van der Waals surface area (Å²) in [5.74, 6) is 0.340. The van der Waals surface area contributed by atoms with E-state index in [1.807, 2.05) is 13.0 Å². The first-order valence-electron chi connectivity index (χ1n) is 5.13. The van der Waals surface area contributed by atoms with Gasteiger partial charge in [-0.2, -0.15) is 0 Å². The number of esters is 1. The Bertz CT molecular complexity index is 396. The molecule has 0 N–H and O–H groups in total. The summed E-state index contributed by atoms with van der Waals surface area (Å²) in [4.78, 5) is 11.4. The van der Waals surface area contributed by atoms with Crippen LogP contribution in [0.25, 0.3) is 0 Å². The van der Waals surface area contributed by atoms with Gasteiger partial charge in [-0.05, 0) is 30.7 Å². The summed E-state index contributed by atoms with van der Waals surface area (Å²) in [6.45, 7) is 3.14. The van der Waals surface area contributed by atoms with Crippen molar-refractivity contribution in [2.75, 3.05) is 20.3 Å². The van der Waals surface area contributed by atoms with Gasteiger partial charge in [0.05, 0.1) is 25.9 Å². The lowest BCUT2D eigenvalue weighted by Gasteiger charge is -2.27. The van der Waals surface area contributed by atoms with Crippen LogP contribution < -0.4 is 4.74 Å². The predicted molar refractivity (Wildman–Crippen MR) is 57.8 cm³/mol. The zero-order valence-electron chi connectivity index (χ0n) is 9.36. The van der Waals surface area contributed by atoms with Gasteiger partial charge in [0.1, 0.15) is 11.9 Å². The Balaban J connectivity index is 2.17. The smallest absolute Gasteiger partial charge is 0.337 e. The van der Waals surface area contributed by atoms with Crippen molar-refractivity contribution in [2.24, 2.45) is 0 Å². The molecule has 0 unspecified atom stereocenters. The Morgan fingerprint density at radius 1 is 1.38 bits per heavy atom. The van der Waals surface area contributed by atoms with Gasteiger partial charge in [-0.3, -0.25) is 0 Å². The van der Waals surface area contributed by atoms with Gasteiger partial charge in [-0.1, -0.05) is 0 Å². The molecule has 1 aliphatic rings. The molecule has 1 aliphatic heterocycles. The Labute approximate surface area is 94.1 Å². The highest BCUT2D eigenvalue weighted by Gasteiger charge is 2.20. The van der Waals surface area contributed by atoms with E-state index in [1.165, 1.54) is 7.11 Å². The van der Waals surface area contributed by atoms with Crippen molar-refractivity contribution in [2.45, 2.75) is 13.0 Å². The molecular weight excluding hydrogens is 208 g/mol. The van der Waals surface area contributed by atoms with Gasteiger partial charge in [0.15, 0.2) is 0 Å². The monoisotopic (exact) mass is 222 g/mol. The molecule has 1 heterocycles. The molecule has 0 aromatic heterocycles. The van der Waals surface area contributed by atoms with E-state index in [-0.39, 0.29) is 12.1 Å². The molecule has 1 aromatic rings. The van der Waals surface area contributed by atoms with Crippen LogP contribution in [-0.4, -0.2) is 32.4 Å². The summed E-state index contributed by atoms with van der Waals surface area (Å²) in [6, 6.07) is 5.36. The molecule has 1 aromatic carbocycles. The summed E-state index contributed by atoms with van der Waals surface area (Å²) < 4.78 is 15.3. The lowest BCUT2D eigenvalue weighted by Crippen LogP contribution is -2.38. The highest BCUT2D eigenvalue weighted by Crippen LogP contribution is 2.20. The molecule has 0 spiro atoms. The van der Waals surface area contributed by atoms with E-state index in [0.29, 0.717) is 24.5 Å². The molecule has 1 fully saturated rings. The first kappa shape index (κ1) is 11.0. The molecular formula is C12H14O4.